The Labute approximate surface area is 249 Å². The Morgan fingerprint density at radius 2 is 1.75 bits per heavy atom. The number of benzene rings is 1. The van der Waals surface area contributed by atoms with Crippen molar-refractivity contribution < 1.29 is 55.0 Å². The minimum atomic E-state index is -5.18. The van der Waals surface area contributed by atoms with Crippen molar-refractivity contribution in [3.05, 3.63) is 23.3 Å². The van der Waals surface area contributed by atoms with Gasteiger partial charge in [-0.2, -0.15) is 26.3 Å². The lowest BCUT2D eigenvalue weighted by atomic mass is 9.94. The molecule has 10 nitrogen and oxygen atoms in total. The summed E-state index contributed by atoms with van der Waals surface area (Å²) in [5.74, 6) is -4.55. The van der Waals surface area contributed by atoms with Crippen LogP contribution in [0.15, 0.2) is 12.1 Å². The van der Waals surface area contributed by atoms with E-state index in [2.05, 4.69) is 5.32 Å². The maximum absolute atomic E-state index is 14.2. The molecule has 2 heterocycles. The van der Waals surface area contributed by atoms with Gasteiger partial charge in [0.2, 0.25) is 0 Å². The number of nitrogens with zero attached hydrogens (tertiary/aromatic N) is 2. The fourth-order valence-electron chi connectivity index (χ4n) is 5.52. The highest BCUT2D eigenvalue weighted by atomic mass is 19.4. The quantitative estimate of drug-likeness (QED) is 0.463. The number of ether oxygens (including phenoxy) is 2. The number of carbonyl (C=O) groups is 4. The first-order valence-corrected chi connectivity index (χ1v) is 13.9. The third kappa shape index (κ3) is 6.98. The maximum Gasteiger partial charge on any atom is 0.471 e. The molecule has 3 aliphatic rings. The molecule has 2 N–H and O–H groups in total. The van der Waals surface area contributed by atoms with Crippen molar-refractivity contribution in [3.63, 3.8) is 0 Å². The average molecular weight is 637 g/mol. The summed E-state index contributed by atoms with van der Waals surface area (Å²) in [6.45, 7) is 7.17. The van der Waals surface area contributed by atoms with E-state index in [1.54, 1.807) is 26.1 Å². The number of nitrogens with one attached hydrogen (secondary N) is 2. The Balaban J connectivity index is 1.58. The van der Waals surface area contributed by atoms with E-state index in [0.29, 0.717) is 31.9 Å². The largest absolute Gasteiger partial charge is 0.476 e. The van der Waals surface area contributed by atoms with Crippen LogP contribution in [0, 0.1) is 5.41 Å². The van der Waals surface area contributed by atoms with Crippen LogP contribution in [0.5, 0.6) is 5.75 Å². The van der Waals surface area contributed by atoms with Crippen LogP contribution in [0.4, 0.5) is 36.8 Å². The Morgan fingerprint density at radius 1 is 1.09 bits per heavy atom. The fraction of sp³-hybridized carbons (Fsp3) is 0.643. The van der Waals surface area contributed by atoms with Crippen molar-refractivity contribution >= 4 is 29.5 Å². The van der Waals surface area contributed by atoms with Crippen molar-refractivity contribution in [2.75, 3.05) is 31.1 Å². The topological polar surface area (TPSA) is 117 Å². The van der Waals surface area contributed by atoms with Gasteiger partial charge < -0.3 is 29.9 Å². The smallest absolute Gasteiger partial charge is 0.471 e. The first-order chi connectivity index (χ1) is 20.0. The number of anilines is 1. The van der Waals surface area contributed by atoms with Crippen molar-refractivity contribution in [3.8, 4) is 5.75 Å². The van der Waals surface area contributed by atoms with Gasteiger partial charge in [-0.3, -0.25) is 14.4 Å². The monoisotopic (exact) mass is 636 g/mol. The lowest BCUT2D eigenvalue weighted by Crippen LogP contribution is -2.54. The average Bonchev–Trinajstić information content (AvgIpc) is 3.52. The number of piperidine rings is 1. The highest BCUT2D eigenvalue weighted by molar-refractivity contribution is 6.05. The van der Waals surface area contributed by atoms with E-state index in [0.717, 1.165) is 11.0 Å². The predicted octanol–water partition coefficient (Wildman–Crippen LogP) is 4.41. The molecule has 1 aromatic rings. The lowest BCUT2D eigenvalue weighted by molar-refractivity contribution is -0.173. The van der Waals surface area contributed by atoms with Gasteiger partial charge in [0.05, 0.1) is 16.8 Å². The van der Waals surface area contributed by atoms with Gasteiger partial charge in [-0.1, -0.05) is 0 Å². The van der Waals surface area contributed by atoms with Crippen LogP contribution in [0.2, 0.25) is 0 Å². The molecule has 0 bridgehead atoms. The van der Waals surface area contributed by atoms with Crippen LogP contribution >= 0.6 is 0 Å². The molecule has 2 fully saturated rings. The molecule has 16 heteroatoms. The SMILES string of the molecule is CC(C)(C)OC(=O)N1CCC[C@]2(CC2NC(=O)c2cc3c(cc2C(F)(F)F)OC(C)(C)C(=O)N3CCNC(=O)C(F)(F)F)C1. The summed E-state index contributed by atoms with van der Waals surface area (Å²) >= 11 is 0. The van der Waals surface area contributed by atoms with E-state index in [1.165, 1.54) is 18.7 Å². The summed E-state index contributed by atoms with van der Waals surface area (Å²) in [6, 6.07) is 0.852. The normalized spacial score (nSPS) is 23.1. The molecule has 1 unspecified atom stereocenters. The second-order valence-corrected chi connectivity index (χ2v) is 12.8. The Morgan fingerprint density at radius 3 is 2.34 bits per heavy atom. The van der Waals surface area contributed by atoms with E-state index < -0.39 is 88.8 Å². The van der Waals surface area contributed by atoms with Crippen LogP contribution < -0.4 is 20.3 Å². The number of carbonyl (C=O) groups excluding carboxylic acids is 4. The number of halogens is 6. The highest BCUT2D eigenvalue weighted by Gasteiger charge is 2.57. The Kier molecular flexibility index (Phi) is 8.31. The summed E-state index contributed by atoms with van der Waals surface area (Å²) in [7, 11) is 0. The fourth-order valence-corrected chi connectivity index (χ4v) is 5.52. The first kappa shape index (κ1) is 33.2. The number of hydrogen-bond acceptors (Lipinski definition) is 6. The first-order valence-electron chi connectivity index (χ1n) is 13.9. The summed E-state index contributed by atoms with van der Waals surface area (Å²) in [5, 5.41) is 4.25. The van der Waals surface area contributed by atoms with E-state index >= 15 is 0 Å². The maximum atomic E-state index is 14.2. The molecule has 2 aliphatic heterocycles. The molecule has 0 aromatic heterocycles. The van der Waals surface area contributed by atoms with Crippen LogP contribution in [-0.2, 0) is 20.5 Å². The van der Waals surface area contributed by atoms with Gasteiger partial charge in [-0.25, -0.2) is 4.79 Å². The summed E-state index contributed by atoms with van der Waals surface area (Å²) in [5.41, 5.74) is -5.39. The van der Waals surface area contributed by atoms with Crippen LogP contribution in [0.1, 0.15) is 69.8 Å². The van der Waals surface area contributed by atoms with Gasteiger partial charge in [0.25, 0.3) is 11.8 Å². The van der Waals surface area contributed by atoms with Gasteiger partial charge in [-0.05, 0) is 66.0 Å². The molecular formula is C28H34F6N4O6. The van der Waals surface area contributed by atoms with Crippen LogP contribution in [-0.4, -0.2) is 78.3 Å². The van der Waals surface area contributed by atoms with Crippen molar-refractivity contribution in [1.82, 2.24) is 15.5 Å². The molecule has 1 aromatic carbocycles. The van der Waals surface area contributed by atoms with Gasteiger partial charge in [0.15, 0.2) is 5.60 Å². The Hall–Kier alpha value is -3.72. The number of alkyl halides is 6. The van der Waals surface area contributed by atoms with Crippen molar-refractivity contribution in [2.45, 2.75) is 83.5 Å². The zero-order chi connectivity index (χ0) is 33.0. The third-order valence-electron chi connectivity index (χ3n) is 7.70. The molecule has 2 atom stereocenters. The predicted molar refractivity (Wildman–Crippen MR) is 143 cm³/mol. The number of amides is 4. The molecular weight excluding hydrogens is 602 g/mol. The second-order valence-electron chi connectivity index (χ2n) is 12.8. The van der Waals surface area contributed by atoms with E-state index in [4.69, 9.17) is 9.47 Å². The van der Waals surface area contributed by atoms with Crippen LogP contribution in [0.25, 0.3) is 0 Å². The standard InChI is InChI=1S/C28H34F6N4O6/c1-24(2,3)44-23(42)37-9-6-7-26(14-37)13-19(26)36-20(39)15-11-17-18(12-16(15)27(29,30)31)43-25(4,5)22(41)38(17)10-8-35-21(40)28(32,33)34/h11-12,19H,6-10,13-14H2,1-5H3,(H,35,40)(H,36,39)/t19?,26-/m0/s1. The molecule has 1 saturated carbocycles. The number of likely N-dealkylation sites (tertiary alicyclic amines) is 1. The Bertz CT molecular complexity index is 1360. The summed E-state index contributed by atoms with van der Waals surface area (Å²) in [4.78, 5) is 52.7. The zero-order valence-corrected chi connectivity index (χ0v) is 24.8. The number of rotatable bonds is 5. The van der Waals surface area contributed by atoms with Gasteiger partial charge in [0, 0.05) is 37.6 Å². The number of hydrogen-bond donors (Lipinski definition) is 2. The molecule has 244 valence electrons. The van der Waals surface area contributed by atoms with Gasteiger partial charge in [0.1, 0.15) is 11.4 Å². The second kappa shape index (κ2) is 11.0. The molecule has 1 spiro atoms. The molecule has 4 amide bonds. The molecule has 44 heavy (non-hydrogen) atoms. The van der Waals surface area contributed by atoms with E-state index in [-0.39, 0.29) is 12.2 Å². The molecule has 0 radical (unpaired) electrons. The minimum absolute atomic E-state index is 0.248. The lowest BCUT2D eigenvalue weighted by Gasteiger charge is -2.39. The van der Waals surface area contributed by atoms with E-state index in [9.17, 15) is 45.5 Å². The molecule has 1 saturated heterocycles. The van der Waals surface area contributed by atoms with E-state index in [1.807, 2.05) is 0 Å². The van der Waals surface area contributed by atoms with Crippen LogP contribution in [0.3, 0.4) is 0 Å². The van der Waals surface area contributed by atoms with Gasteiger partial charge in [-0.15, -0.1) is 0 Å². The third-order valence-corrected chi connectivity index (χ3v) is 7.70. The van der Waals surface area contributed by atoms with Crippen molar-refractivity contribution in [1.29, 1.82) is 0 Å². The molecule has 4 rings (SSSR count). The molecule has 1 aliphatic carbocycles. The summed E-state index contributed by atoms with van der Waals surface area (Å²) < 4.78 is 91.4. The summed E-state index contributed by atoms with van der Waals surface area (Å²) in [6.07, 6.45) is -9.06. The zero-order valence-electron chi connectivity index (χ0n) is 24.8. The van der Waals surface area contributed by atoms with Crippen molar-refractivity contribution in [2.24, 2.45) is 5.41 Å². The minimum Gasteiger partial charge on any atom is -0.476 e. The number of fused-ring (bicyclic) bond motifs is 1. The highest BCUT2D eigenvalue weighted by Crippen LogP contribution is 2.53. The van der Waals surface area contributed by atoms with Gasteiger partial charge >= 0.3 is 24.4 Å².